The molecule has 0 aliphatic carbocycles. The minimum atomic E-state index is -0.314. The zero-order valence-electron chi connectivity index (χ0n) is 8.53. The van der Waals surface area contributed by atoms with Gasteiger partial charge in [-0.3, -0.25) is 4.79 Å². The van der Waals surface area contributed by atoms with Crippen LogP contribution in [0.2, 0.25) is 0 Å². The molecule has 0 aromatic heterocycles. The highest BCUT2D eigenvalue weighted by molar-refractivity contribution is 5.89. The molecule has 2 nitrogen and oxygen atoms in total. The first-order valence-electron chi connectivity index (χ1n) is 4.66. The van der Waals surface area contributed by atoms with Crippen molar-refractivity contribution >= 4 is 5.78 Å². The fourth-order valence-corrected chi connectivity index (χ4v) is 1.62. The molecule has 0 radical (unpaired) electrons. The van der Waals surface area contributed by atoms with Crippen LogP contribution in [0, 0.1) is 5.41 Å². The van der Waals surface area contributed by atoms with Crippen LogP contribution in [0.25, 0.3) is 0 Å². The molecule has 0 spiro atoms. The maximum absolute atomic E-state index is 11.7. The number of nitrogens with one attached hydrogen (secondary N) is 1. The maximum atomic E-state index is 11.7. The van der Waals surface area contributed by atoms with E-state index in [4.69, 9.17) is 0 Å². The summed E-state index contributed by atoms with van der Waals surface area (Å²) in [7, 11) is 0. The summed E-state index contributed by atoms with van der Waals surface area (Å²) in [5, 5.41) is 3.34. The van der Waals surface area contributed by atoms with Crippen LogP contribution >= 0.6 is 0 Å². The number of rotatable bonds is 0. The van der Waals surface area contributed by atoms with Gasteiger partial charge in [-0.25, -0.2) is 0 Å². The van der Waals surface area contributed by atoms with E-state index in [0.29, 0.717) is 5.78 Å². The van der Waals surface area contributed by atoms with Crippen molar-refractivity contribution < 1.29 is 4.79 Å². The van der Waals surface area contributed by atoms with Crippen LogP contribution in [-0.4, -0.2) is 17.9 Å². The molecule has 0 saturated carbocycles. The van der Waals surface area contributed by atoms with Gasteiger partial charge in [0.05, 0.1) is 5.54 Å². The topological polar surface area (TPSA) is 29.1 Å². The zero-order chi connectivity index (χ0) is 9.41. The van der Waals surface area contributed by atoms with Crippen molar-refractivity contribution in [3.8, 4) is 0 Å². The number of hydrogen-bond donors (Lipinski definition) is 1. The Morgan fingerprint density at radius 1 is 1.42 bits per heavy atom. The Kier molecular flexibility index (Phi) is 2.30. The molecule has 1 aliphatic rings. The highest BCUT2D eigenvalue weighted by atomic mass is 16.1. The van der Waals surface area contributed by atoms with Crippen molar-refractivity contribution in [2.75, 3.05) is 6.54 Å². The molecule has 70 valence electrons. The maximum Gasteiger partial charge on any atom is 0.153 e. The lowest BCUT2D eigenvalue weighted by Gasteiger charge is -2.44. The molecule has 1 fully saturated rings. The average Bonchev–Trinajstić information content (AvgIpc) is 1.93. The normalized spacial score (nSPS) is 32.2. The number of ketones is 1. The molecule has 1 N–H and O–H groups in total. The molecule has 1 unspecified atom stereocenters. The lowest BCUT2D eigenvalue weighted by atomic mass is 9.70. The first-order chi connectivity index (χ1) is 5.38. The SMILES string of the molecule is CC(C)(C)C1(C)NCCCC1=O. The predicted octanol–water partition coefficient (Wildman–Crippen LogP) is 1.74. The molecule has 2 heteroatoms. The Morgan fingerprint density at radius 3 is 2.33 bits per heavy atom. The van der Waals surface area contributed by atoms with Gasteiger partial charge in [0.1, 0.15) is 0 Å². The van der Waals surface area contributed by atoms with Gasteiger partial charge in [-0.2, -0.15) is 0 Å². The molecular weight excluding hydrogens is 150 g/mol. The van der Waals surface area contributed by atoms with Gasteiger partial charge < -0.3 is 5.32 Å². The van der Waals surface area contributed by atoms with Gasteiger partial charge in [-0.1, -0.05) is 20.8 Å². The Hall–Kier alpha value is -0.370. The van der Waals surface area contributed by atoms with E-state index in [1.165, 1.54) is 0 Å². The van der Waals surface area contributed by atoms with Crippen molar-refractivity contribution in [2.45, 2.75) is 46.1 Å². The van der Waals surface area contributed by atoms with Gasteiger partial charge in [0, 0.05) is 6.42 Å². The Labute approximate surface area is 74.7 Å². The van der Waals surface area contributed by atoms with Gasteiger partial charge in [0.15, 0.2) is 5.78 Å². The summed E-state index contributed by atoms with van der Waals surface area (Å²) in [6.07, 6.45) is 1.73. The Morgan fingerprint density at radius 2 is 2.00 bits per heavy atom. The van der Waals surface area contributed by atoms with Crippen LogP contribution in [0.4, 0.5) is 0 Å². The zero-order valence-corrected chi connectivity index (χ0v) is 8.53. The fourth-order valence-electron chi connectivity index (χ4n) is 1.62. The summed E-state index contributed by atoms with van der Waals surface area (Å²) >= 11 is 0. The van der Waals surface area contributed by atoms with E-state index in [1.807, 2.05) is 6.92 Å². The van der Waals surface area contributed by atoms with Gasteiger partial charge in [-0.15, -0.1) is 0 Å². The number of carbonyl (C=O) groups excluding carboxylic acids is 1. The molecule has 1 heterocycles. The standard InChI is InChI=1S/C10H19NO/c1-9(2,3)10(4)8(12)6-5-7-11-10/h11H,5-7H2,1-4H3. The summed E-state index contributed by atoms with van der Waals surface area (Å²) in [6, 6.07) is 0. The molecule has 12 heavy (non-hydrogen) atoms. The smallest absolute Gasteiger partial charge is 0.153 e. The summed E-state index contributed by atoms with van der Waals surface area (Å²) in [5.74, 6) is 0.362. The van der Waals surface area contributed by atoms with E-state index in [0.717, 1.165) is 19.4 Å². The third-order valence-electron chi connectivity index (χ3n) is 3.12. The van der Waals surface area contributed by atoms with Gasteiger partial charge >= 0.3 is 0 Å². The molecule has 0 aromatic rings. The summed E-state index contributed by atoms with van der Waals surface area (Å²) in [6.45, 7) is 9.34. The molecular formula is C10H19NO. The van der Waals surface area contributed by atoms with E-state index in [-0.39, 0.29) is 11.0 Å². The van der Waals surface area contributed by atoms with Crippen LogP contribution in [0.1, 0.15) is 40.5 Å². The minimum absolute atomic E-state index is 0.0184. The number of carbonyl (C=O) groups is 1. The van der Waals surface area contributed by atoms with E-state index >= 15 is 0 Å². The molecule has 1 atom stereocenters. The van der Waals surface area contributed by atoms with Gasteiger partial charge in [0.25, 0.3) is 0 Å². The molecule has 0 amide bonds. The first-order valence-corrected chi connectivity index (χ1v) is 4.66. The third kappa shape index (κ3) is 1.40. The van der Waals surface area contributed by atoms with Gasteiger partial charge in [-0.05, 0) is 25.3 Å². The largest absolute Gasteiger partial charge is 0.305 e. The molecule has 0 bridgehead atoms. The molecule has 1 aliphatic heterocycles. The summed E-state index contributed by atoms with van der Waals surface area (Å²) in [5.41, 5.74) is -0.296. The van der Waals surface area contributed by atoms with Crippen LogP contribution in [0.3, 0.4) is 0 Å². The van der Waals surface area contributed by atoms with Crippen LogP contribution in [-0.2, 0) is 4.79 Å². The second-order valence-corrected chi connectivity index (χ2v) is 4.83. The lowest BCUT2D eigenvalue weighted by Crippen LogP contribution is -2.60. The second kappa shape index (κ2) is 2.84. The lowest BCUT2D eigenvalue weighted by molar-refractivity contribution is -0.131. The van der Waals surface area contributed by atoms with Crippen molar-refractivity contribution in [1.29, 1.82) is 0 Å². The Balaban J connectivity index is 2.87. The van der Waals surface area contributed by atoms with Crippen molar-refractivity contribution in [3.05, 3.63) is 0 Å². The van der Waals surface area contributed by atoms with E-state index in [2.05, 4.69) is 26.1 Å². The fraction of sp³-hybridized carbons (Fsp3) is 0.900. The van der Waals surface area contributed by atoms with Crippen LogP contribution in [0.15, 0.2) is 0 Å². The van der Waals surface area contributed by atoms with Crippen LogP contribution < -0.4 is 5.32 Å². The highest BCUT2D eigenvalue weighted by Crippen LogP contribution is 2.33. The van der Waals surface area contributed by atoms with E-state index < -0.39 is 0 Å². The molecule has 1 saturated heterocycles. The van der Waals surface area contributed by atoms with Crippen molar-refractivity contribution in [1.82, 2.24) is 5.32 Å². The molecule has 0 aromatic carbocycles. The number of piperidine rings is 1. The highest BCUT2D eigenvalue weighted by Gasteiger charge is 2.44. The second-order valence-electron chi connectivity index (χ2n) is 4.83. The van der Waals surface area contributed by atoms with E-state index in [1.54, 1.807) is 0 Å². The predicted molar refractivity (Wildman–Crippen MR) is 50.1 cm³/mol. The average molecular weight is 169 g/mol. The quantitative estimate of drug-likeness (QED) is 0.598. The first kappa shape index (κ1) is 9.72. The third-order valence-corrected chi connectivity index (χ3v) is 3.12. The van der Waals surface area contributed by atoms with E-state index in [9.17, 15) is 4.79 Å². The van der Waals surface area contributed by atoms with Crippen molar-refractivity contribution in [3.63, 3.8) is 0 Å². The molecule has 1 rings (SSSR count). The minimum Gasteiger partial charge on any atom is -0.305 e. The van der Waals surface area contributed by atoms with Crippen molar-refractivity contribution in [2.24, 2.45) is 5.41 Å². The number of Topliss-reactive ketones (excluding diaryl/α,β-unsaturated/α-hetero) is 1. The Bertz CT molecular complexity index is 193. The summed E-state index contributed by atoms with van der Waals surface area (Å²) < 4.78 is 0. The van der Waals surface area contributed by atoms with Crippen LogP contribution in [0.5, 0.6) is 0 Å². The number of hydrogen-bond acceptors (Lipinski definition) is 2. The van der Waals surface area contributed by atoms with Gasteiger partial charge in [0.2, 0.25) is 0 Å². The summed E-state index contributed by atoms with van der Waals surface area (Å²) in [4.78, 5) is 11.7. The monoisotopic (exact) mass is 169 g/mol.